The van der Waals surface area contributed by atoms with Crippen LogP contribution < -0.4 is 5.32 Å². The summed E-state index contributed by atoms with van der Waals surface area (Å²) in [6, 6.07) is 7.97. The lowest BCUT2D eigenvalue weighted by molar-refractivity contribution is -0.135. The highest BCUT2D eigenvalue weighted by atomic mass is 16.3. The lowest BCUT2D eigenvalue weighted by Gasteiger charge is -2.34. The molecule has 3 rings (SSSR count). The lowest BCUT2D eigenvalue weighted by atomic mass is 9.93. The second-order valence-electron chi connectivity index (χ2n) is 5.39. The van der Waals surface area contributed by atoms with E-state index in [0.29, 0.717) is 25.9 Å². The minimum atomic E-state index is -0.240. The van der Waals surface area contributed by atoms with E-state index >= 15 is 0 Å². The Kier molecular flexibility index (Phi) is 3.53. The number of nitrogens with zero attached hydrogens (tertiary/aromatic N) is 1. The first-order valence-electron chi connectivity index (χ1n) is 7.04. The van der Waals surface area contributed by atoms with Crippen molar-refractivity contribution in [2.75, 3.05) is 19.6 Å². The van der Waals surface area contributed by atoms with Gasteiger partial charge in [-0.2, -0.15) is 0 Å². The number of rotatable bonds is 1. The van der Waals surface area contributed by atoms with E-state index in [-0.39, 0.29) is 18.1 Å². The second-order valence-corrected chi connectivity index (χ2v) is 5.39. The zero-order valence-corrected chi connectivity index (χ0v) is 11.0. The zero-order valence-electron chi connectivity index (χ0n) is 11.0. The number of likely N-dealkylation sites (tertiary alicyclic amines) is 1. The molecule has 1 aromatic rings. The van der Waals surface area contributed by atoms with Crippen molar-refractivity contribution in [1.82, 2.24) is 10.2 Å². The van der Waals surface area contributed by atoms with Gasteiger partial charge in [0.25, 0.3) is 0 Å². The molecule has 1 atom stereocenters. The number of carbonyl (C=O) groups is 1. The Morgan fingerprint density at radius 3 is 2.79 bits per heavy atom. The molecule has 2 heterocycles. The highest BCUT2D eigenvalue weighted by molar-refractivity contribution is 5.84. The average molecular weight is 260 g/mol. The summed E-state index contributed by atoms with van der Waals surface area (Å²) in [5.74, 6) is 0.152. The van der Waals surface area contributed by atoms with Crippen molar-refractivity contribution in [1.29, 1.82) is 0 Å². The molecule has 0 aliphatic carbocycles. The molecule has 4 nitrogen and oxygen atoms in total. The van der Waals surface area contributed by atoms with E-state index in [1.54, 1.807) is 0 Å². The molecule has 102 valence electrons. The molecule has 0 aromatic heterocycles. The van der Waals surface area contributed by atoms with E-state index in [4.69, 9.17) is 0 Å². The number of hydrogen-bond donors (Lipinski definition) is 2. The van der Waals surface area contributed by atoms with Crippen molar-refractivity contribution in [2.24, 2.45) is 0 Å². The van der Waals surface area contributed by atoms with Crippen LogP contribution in [0.15, 0.2) is 24.3 Å². The number of aliphatic hydroxyl groups excluding tert-OH is 1. The monoisotopic (exact) mass is 260 g/mol. The van der Waals surface area contributed by atoms with Gasteiger partial charge < -0.3 is 15.3 Å². The summed E-state index contributed by atoms with van der Waals surface area (Å²) in [5, 5.41) is 12.9. The minimum Gasteiger partial charge on any atom is -0.393 e. The average Bonchev–Trinajstić information content (AvgIpc) is 2.47. The van der Waals surface area contributed by atoms with Crippen LogP contribution in [0.25, 0.3) is 0 Å². The Labute approximate surface area is 113 Å². The Morgan fingerprint density at radius 1 is 1.26 bits per heavy atom. The van der Waals surface area contributed by atoms with Gasteiger partial charge in [0, 0.05) is 19.6 Å². The van der Waals surface area contributed by atoms with Gasteiger partial charge in [0.15, 0.2) is 0 Å². The van der Waals surface area contributed by atoms with Crippen LogP contribution in [0.1, 0.15) is 30.0 Å². The molecule has 1 amide bonds. The molecule has 1 fully saturated rings. The van der Waals surface area contributed by atoms with Crippen molar-refractivity contribution >= 4 is 5.91 Å². The van der Waals surface area contributed by atoms with Gasteiger partial charge in [-0.15, -0.1) is 0 Å². The molecule has 0 saturated carbocycles. The van der Waals surface area contributed by atoms with Crippen molar-refractivity contribution in [3.05, 3.63) is 35.4 Å². The topological polar surface area (TPSA) is 52.6 Å². The minimum absolute atomic E-state index is 0.152. The first-order valence-corrected chi connectivity index (χ1v) is 7.04. The van der Waals surface area contributed by atoms with E-state index in [1.165, 1.54) is 5.56 Å². The van der Waals surface area contributed by atoms with Gasteiger partial charge in [-0.25, -0.2) is 0 Å². The predicted molar refractivity (Wildman–Crippen MR) is 72.7 cm³/mol. The summed E-state index contributed by atoms with van der Waals surface area (Å²) in [4.78, 5) is 14.5. The SMILES string of the molecule is O=C(C1NCCc2ccccc21)N1CCC(O)CC1. The molecule has 0 spiro atoms. The smallest absolute Gasteiger partial charge is 0.244 e. The lowest BCUT2D eigenvalue weighted by Crippen LogP contribution is -2.47. The van der Waals surface area contributed by atoms with Gasteiger partial charge in [0.2, 0.25) is 5.91 Å². The summed E-state index contributed by atoms with van der Waals surface area (Å²) >= 11 is 0. The van der Waals surface area contributed by atoms with E-state index in [2.05, 4.69) is 11.4 Å². The number of piperidine rings is 1. The van der Waals surface area contributed by atoms with Gasteiger partial charge in [0.1, 0.15) is 6.04 Å². The normalized spacial score (nSPS) is 24.1. The van der Waals surface area contributed by atoms with Crippen molar-refractivity contribution in [3.63, 3.8) is 0 Å². The maximum atomic E-state index is 12.6. The highest BCUT2D eigenvalue weighted by Gasteiger charge is 2.31. The number of benzene rings is 1. The molecule has 1 saturated heterocycles. The third-order valence-corrected chi connectivity index (χ3v) is 4.13. The molecule has 1 aromatic carbocycles. The Hall–Kier alpha value is -1.39. The van der Waals surface area contributed by atoms with Crippen LogP contribution in [0.2, 0.25) is 0 Å². The third kappa shape index (κ3) is 2.51. The van der Waals surface area contributed by atoms with Gasteiger partial charge in [-0.05, 0) is 30.4 Å². The van der Waals surface area contributed by atoms with Gasteiger partial charge >= 0.3 is 0 Å². The molecule has 0 radical (unpaired) electrons. The predicted octanol–water partition coefficient (Wildman–Crippen LogP) is 0.857. The number of aliphatic hydroxyl groups is 1. The fourth-order valence-corrected chi connectivity index (χ4v) is 2.99. The van der Waals surface area contributed by atoms with Gasteiger partial charge in [0.05, 0.1) is 6.10 Å². The molecule has 1 unspecified atom stereocenters. The number of nitrogens with one attached hydrogen (secondary N) is 1. The summed E-state index contributed by atoms with van der Waals surface area (Å²) < 4.78 is 0. The third-order valence-electron chi connectivity index (χ3n) is 4.13. The second kappa shape index (κ2) is 5.31. The van der Waals surface area contributed by atoms with Crippen molar-refractivity contribution in [2.45, 2.75) is 31.4 Å². The molecule has 19 heavy (non-hydrogen) atoms. The zero-order chi connectivity index (χ0) is 13.2. The molecule has 4 heteroatoms. The number of hydrogen-bond acceptors (Lipinski definition) is 3. The van der Waals surface area contributed by atoms with Crippen LogP contribution in [-0.2, 0) is 11.2 Å². The number of amides is 1. The van der Waals surface area contributed by atoms with E-state index < -0.39 is 0 Å². The van der Waals surface area contributed by atoms with Crippen LogP contribution in [0, 0.1) is 0 Å². The summed E-state index contributed by atoms with van der Waals surface area (Å²) in [6.07, 6.45) is 2.13. The number of carbonyl (C=O) groups excluding carboxylic acids is 1. The molecule has 2 aliphatic heterocycles. The molecule has 2 aliphatic rings. The first kappa shape index (κ1) is 12.6. The Balaban J connectivity index is 1.78. The molecular formula is C15H20N2O2. The summed E-state index contributed by atoms with van der Waals surface area (Å²) in [5.41, 5.74) is 2.39. The van der Waals surface area contributed by atoms with E-state index in [9.17, 15) is 9.90 Å². The maximum Gasteiger partial charge on any atom is 0.244 e. The standard InChI is InChI=1S/C15H20N2O2/c18-12-6-9-17(10-7-12)15(19)14-13-4-2-1-3-11(13)5-8-16-14/h1-4,12,14,16,18H,5-10H2. The maximum absolute atomic E-state index is 12.6. The van der Waals surface area contributed by atoms with Crippen LogP contribution in [0.5, 0.6) is 0 Å². The van der Waals surface area contributed by atoms with Crippen LogP contribution in [-0.4, -0.2) is 41.7 Å². The van der Waals surface area contributed by atoms with Crippen molar-refractivity contribution in [3.8, 4) is 0 Å². The van der Waals surface area contributed by atoms with Gasteiger partial charge in [-0.3, -0.25) is 4.79 Å². The summed E-state index contributed by atoms with van der Waals surface area (Å²) in [6.45, 7) is 2.19. The van der Waals surface area contributed by atoms with Crippen LogP contribution >= 0.6 is 0 Å². The Morgan fingerprint density at radius 2 is 2.00 bits per heavy atom. The number of fused-ring (bicyclic) bond motifs is 1. The molecular weight excluding hydrogens is 240 g/mol. The fourth-order valence-electron chi connectivity index (χ4n) is 2.99. The van der Waals surface area contributed by atoms with Crippen LogP contribution in [0.3, 0.4) is 0 Å². The molecule has 2 N–H and O–H groups in total. The molecule has 0 bridgehead atoms. The Bertz CT molecular complexity index is 467. The fraction of sp³-hybridized carbons (Fsp3) is 0.533. The summed E-state index contributed by atoms with van der Waals surface area (Å²) in [7, 11) is 0. The van der Waals surface area contributed by atoms with Crippen LogP contribution in [0.4, 0.5) is 0 Å². The van der Waals surface area contributed by atoms with E-state index in [1.807, 2.05) is 23.1 Å². The van der Waals surface area contributed by atoms with E-state index in [0.717, 1.165) is 18.5 Å². The first-order chi connectivity index (χ1) is 9.25. The largest absolute Gasteiger partial charge is 0.393 e. The van der Waals surface area contributed by atoms with Gasteiger partial charge in [-0.1, -0.05) is 24.3 Å². The van der Waals surface area contributed by atoms with Crippen molar-refractivity contribution < 1.29 is 9.90 Å². The quantitative estimate of drug-likeness (QED) is 0.787. The highest BCUT2D eigenvalue weighted by Crippen LogP contribution is 2.25.